The molecule has 1 amide bonds. The SMILES string of the molecule is COc1ccc(CNc2ncc(C(=O)Nc3cc(C)cc(C)c3)c(C)n2)cc1. The van der Waals surface area contributed by atoms with Crippen molar-refractivity contribution in [2.45, 2.75) is 27.3 Å². The Balaban J connectivity index is 1.66. The second-order valence-corrected chi connectivity index (χ2v) is 6.72. The first-order valence-corrected chi connectivity index (χ1v) is 9.04. The van der Waals surface area contributed by atoms with E-state index in [-0.39, 0.29) is 5.91 Å². The third-order valence-electron chi connectivity index (χ3n) is 4.31. The van der Waals surface area contributed by atoms with Crippen molar-refractivity contribution >= 4 is 17.5 Å². The van der Waals surface area contributed by atoms with E-state index in [4.69, 9.17) is 4.74 Å². The normalized spacial score (nSPS) is 10.4. The lowest BCUT2D eigenvalue weighted by molar-refractivity contribution is 0.102. The molecule has 28 heavy (non-hydrogen) atoms. The molecule has 0 unspecified atom stereocenters. The summed E-state index contributed by atoms with van der Waals surface area (Å²) in [4.78, 5) is 21.3. The third-order valence-corrected chi connectivity index (χ3v) is 4.31. The fraction of sp³-hybridized carbons (Fsp3) is 0.227. The number of rotatable bonds is 6. The van der Waals surface area contributed by atoms with Crippen molar-refractivity contribution in [2.75, 3.05) is 17.7 Å². The number of aryl methyl sites for hydroxylation is 3. The Labute approximate surface area is 165 Å². The number of methoxy groups -OCH3 is 1. The highest BCUT2D eigenvalue weighted by atomic mass is 16.5. The van der Waals surface area contributed by atoms with Crippen LogP contribution in [-0.2, 0) is 6.54 Å². The topological polar surface area (TPSA) is 76.1 Å². The molecule has 0 saturated heterocycles. The molecule has 0 fully saturated rings. The van der Waals surface area contributed by atoms with Crippen LogP contribution in [0.3, 0.4) is 0 Å². The Morgan fingerprint density at radius 3 is 2.32 bits per heavy atom. The number of ether oxygens (including phenoxy) is 1. The summed E-state index contributed by atoms with van der Waals surface area (Å²) in [6.45, 7) is 6.38. The van der Waals surface area contributed by atoms with Crippen LogP contribution in [0.1, 0.15) is 32.7 Å². The number of anilines is 2. The first-order valence-electron chi connectivity index (χ1n) is 9.04. The minimum atomic E-state index is -0.218. The monoisotopic (exact) mass is 376 g/mol. The minimum absolute atomic E-state index is 0.218. The zero-order valence-corrected chi connectivity index (χ0v) is 16.5. The minimum Gasteiger partial charge on any atom is -0.497 e. The number of hydrogen-bond acceptors (Lipinski definition) is 5. The fourth-order valence-electron chi connectivity index (χ4n) is 2.94. The highest BCUT2D eigenvalue weighted by Crippen LogP contribution is 2.17. The van der Waals surface area contributed by atoms with Crippen molar-refractivity contribution in [1.82, 2.24) is 9.97 Å². The van der Waals surface area contributed by atoms with Crippen LogP contribution in [0.25, 0.3) is 0 Å². The van der Waals surface area contributed by atoms with E-state index in [0.29, 0.717) is 23.8 Å². The smallest absolute Gasteiger partial charge is 0.259 e. The molecular weight excluding hydrogens is 352 g/mol. The van der Waals surface area contributed by atoms with Crippen molar-refractivity contribution in [3.05, 3.63) is 76.6 Å². The summed E-state index contributed by atoms with van der Waals surface area (Å²) < 4.78 is 5.16. The zero-order chi connectivity index (χ0) is 20.1. The average molecular weight is 376 g/mol. The molecule has 0 atom stereocenters. The van der Waals surface area contributed by atoms with Crippen LogP contribution in [0.5, 0.6) is 5.75 Å². The number of benzene rings is 2. The average Bonchev–Trinajstić information content (AvgIpc) is 2.66. The van der Waals surface area contributed by atoms with Gasteiger partial charge in [0.05, 0.1) is 18.4 Å². The molecule has 0 aliphatic heterocycles. The van der Waals surface area contributed by atoms with Crippen LogP contribution >= 0.6 is 0 Å². The maximum Gasteiger partial charge on any atom is 0.259 e. The maximum absolute atomic E-state index is 12.6. The lowest BCUT2D eigenvalue weighted by Gasteiger charge is -2.11. The molecule has 3 rings (SSSR count). The molecule has 0 radical (unpaired) electrons. The van der Waals surface area contributed by atoms with Gasteiger partial charge in [-0.3, -0.25) is 4.79 Å². The molecular formula is C22H24N4O2. The number of carbonyl (C=O) groups is 1. The Morgan fingerprint density at radius 2 is 1.71 bits per heavy atom. The van der Waals surface area contributed by atoms with Crippen LogP contribution < -0.4 is 15.4 Å². The van der Waals surface area contributed by atoms with Gasteiger partial charge in [-0.05, 0) is 61.7 Å². The van der Waals surface area contributed by atoms with E-state index in [1.165, 1.54) is 0 Å². The summed E-state index contributed by atoms with van der Waals surface area (Å²) in [5, 5.41) is 6.09. The van der Waals surface area contributed by atoms with E-state index in [9.17, 15) is 4.79 Å². The van der Waals surface area contributed by atoms with Crippen LogP contribution in [0.2, 0.25) is 0 Å². The van der Waals surface area contributed by atoms with Crippen LogP contribution in [-0.4, -0.2) is 23.0 Å². The first-order chi connectivity index (χ1) is 13.4. The highest BCUT2D eigenvalue weighted by molar-refractivity contribution is 6.04. The van der Waals surface area contributed by atoms with Gasteiger partial charge in [0.2, 0.25) is 5.95 Å². The summed E-state index contributed by atoms with van der Waals surface area (Å²) in [6.07, 6.45) is 1.55. The molecule has 6 heteroatoms. The summed E-state index contributed by atoms with van der Waals surface area (Å²) in [5.41, 5.74) is 5.12. The third kappa shape index (κ3) is 4.85. The van der Waals surface area contributed by atoms with Gasteiger partial charge in [0.25, 0.3) is 5.91 Å². The fourth-order valence-corrected chi connectivity index (χ4v) is 2.94. The van der Waals surface area contributed by atoms with E-state index >= 15 is 0 Å². The van der Waals surface area contributed by atoms with Gasteiger partial charge in [0.15, 0.2) is 0 Å². The van der Waals surface area contributed by atoms with Crippen molar-refractivity contribution in [3.63, 3.8) is 0 Å². The Kier molecular flexibility index (Phi) is 5.89. The van der Waals surface area contributed by atoms with E-state index in [1.807, 2.05) is 50.2 Å². The van der Waals surface area contributed by atoms with Crippen molar-refractivity contribution in [1.29, 1.82) is 0 Å². The molecule has 0 bridgehead atoms. The van der Waals surface area contributed by atoms with E-state index in [2.05, 4.69) is 26.7 Å². The molecule has 3 aromatic rings. The molecule has 0 spiro atoms. The summed E-state index contributed by atoms with van der Waals surface area (Å²) in [7, 11) is 1.64. The van der Waals surface area contributed by atoms with Crippen LogP contribution in [0.4, 0.5) is 11.6 Å². The van der Waals surface area contributed by atoms with Crippen LogP contribution in [0, 0.1) is 20.8 Å². The van der Waals surface area contributed by atoms with E-state index in [1.54, 1.807) is 20.2 Å². The largest absolute Gasteiger partial charge is 0.497 e. The molecule has 1 heterocycles. The predicted molar refractivity (Wildman–Crippen MR) is 111 cm³/mol. The number of hydrogen-bond donors (Lipinski definition) is 2. The van der Waals surface area contributed by atoms with E-state index in [0.717, 1.165) is 28.1 Å². The Morgan fingerprint density at radius 1 is 1.04 bits per heavy atom. The molecule has 144 valence electrons. The number of nitrogens with one attached hydrogen (secondary N) is 2. The summed E-state index contributed by atoms with van der Waals surface area (Å²) in [5.74, 6) is 1.08. The van der Waals surface area contributed by atoms with Gasteiger partial charge < -0.3 is 15.4 Å². The van der Waals surface area contributed by atoms with E-state index < -0.39 is 0 Å². The van der Waals surface area contributed by atoms with Gasteiger partial charge in [-0.25, -0.2) is 9.97 Å². The van der Waals surface area contributed by atoms with Gasteiger partial charge >= 0.3 is 0 Å². The Hall–Kier alpha value is -3.41. The maximum atomic E-state index is 12.6. The molecule has 1 aromatic heterocycles. The van der Waals surface area contributed by atoms with Gasteiger partial charge in [-0.15, -0.1) is 0 Å². The second-order valence-electron chi connectivity index (χ2n) is 6.72. The van der Waals surface area contributed by atoms with Crippen molar-refractivity contribution < 1.29 is 9.53 Å². The van der Waals surface area contributed by atoms with Gasteiger partial charge in [-0.1, -0.05) is 18.2 Å². The summed E-state index contributed by atoms with van der Waals surface area (Å²) in [6, 6.07) is 13.7. The molecule has 0 aliphatic carbocycles. The van der Waals surface area contributed by atoms with Gasteiger partial charge in [0, 0.05) is 18.4 Å². The molecule has 0 aliphatic rings. The Bertz CT molecular complexity index is 964. The lowest BCUT2D eigenvalue weighted by Crippen LogP contribution is -2.16. The van der Waals surface area contributed by atoms with Crippen molar-refractivity contribution in [2.24, 2.45) is 0 Å². The quantitative estimate of drug-likeness (QED) is 0.672. The van der Waals surface area contributed by atoms with Gasteiger partial charge in [0.1, 0.15) is 5.75 Å². The number of amides is 1. The predicted octanol–water partition coefficient (Wildman–Crippen LogP) is 4.27. The number of aromatic nitrogens is 2. The standard InChI is InChI=1S/C22H24N4O2/c1-14-9-15(2)11-18(10-14)26-21(27)20-13-24-22(25-16(20)3)23-12-17-5-7-19(28-4)8-6-17/h5-11,13H,12H2,1-4H3,(H,26,27)(H,23,24,25). The lowest BCUT2D eigenvalue weighted by atomic mass is 10.1. The molecule has 2 aromatic carbocycles. The number of carbonyl (C=O) groups excluding carboxylic acids is 1. The molecule has 6 nitrogen and oxygen atoms in total. The number of nitrogens with zero attached hydrogens (tertiary/aromatic N) is 2. The van der Waals surface area contributed by atoms with Crippen molar-refractivity contribution in [3.8, 4) is 5.75 Å². The first kappa shape index (κ1) is 19.4. The van der Waals surface area contributed by atoms with Gasteiger partial charge in [-0.2, -0.15) is 0 Å². The molecule has 2 N–H and O–H groups in total. The zero-order valence-electron chi connectivity index (χ0n) is 16.5. The summed E-state index contributed by atoms with van der Waals surface area (Å²) >= 11 is 0. The second kappa shape index (κ2) is 8.52. The highest BCUT2D eigenvalue weighted by Gasteiger charge is 2.12. The molecule has 0 saturated carbocycles. The van der Waals surface area contributed by atoms with Crippen LogP contribution in [0.15, 0.2) is 48.7 Å².